The number of nitrogens with zero attached hydrogens (tertiary/aromatic N) is 1. The van der Waals surface area contributed by atoms with Crippen molar-refractivity contribution in [2.45, 2.75) is 65.8 Å². The molecule has 0 aliphatic carbocycles. The van der Waals surface area contributed by atoms with Crippen LogP contribution < -0.4 is 5.73 Å². The predicted octanol–water partition coefficient (Wildman–Crippen LogP) is 4.91. The first-order chi connectivity index (χ1) is 9.97. The van der Waals surface area contributed by atoms with Gasteiger partial charge in [-0.15, -0.1) is 0 Å². The highest BCUT2D eigenvalue weighted by molar-refractivity contribution is 5.40. The number of benzene rings is 1. The average Bonchev–Trinajstić information content (AvgIpc) is 2.45. The molecule has 2 heteroatoms. The van der Waals surface area contributed by atoms with Gasteiger partial charge in [-0.1, -0.05) is 46.8 Å². The van der Waals surface area contributed by atoms with Crippen LogP contribution in [0.3, 0.4) is 0 Å². The second-order valence-corrected chi connectivity index (χ2v) is 6.72. The molecule has 1 atom stereocenters. The maximum atomic E-state index is 5.77. The van der Waals surface area contributed by atoms with E-state index in [4.69, 9.17) is 5.73 Å². The Bertz CT molecular complexity index is 379. The van der Waals surface area contributed by atoms with Crippen LogP contribution >= 0.6 is 0 Å². The second-order valence-electron chi connectivity index (χ2n) is 6.72. The SMILES string of the molecule is CCC(CC)N(CCC(C)c1ccc(N)cc1)CC(C)C. The summed E-state index contributed by atoms with van der Waals surface area (Å²) in [4.78, 5) is 2.69. The van der Waals surface area contributed by atoms with Crippen LogP contribution in [-0.4, -0.2) is 24.0 Å². The maximum absolute atomic E-state index is 5.77. The van der Waals surface area contributed by atoms with Crippen molar-refractivity contribution < 1.29 is 0 Å². The van der Waals surface area contributed by atoms with Gasteiger partial charge in [-0.05, 0) is 55.3 Å². The van der Waals surface area contributed by atoms with Gasteiger partial charge in [0.15, 0.2) is 0 Å². The van der Waals surface area contributed by atoms with E-state index in [0.29, 0.717) is 5.92 Å². The summed E-state index contributed by atoms with van der Waals surface area (Å²) in [7, 11) is 0. The first-order valence-electron chi connectivity index (χ1n) is 8.57. The highest BCUT2D eigenvalue weighted by Gasteiger charge is 2.17. The summed E-state index contributed by atoms with van der Waals surface area (Å²) in [6.45, 7) is 14.0. The van der Waals surface area contributed by atoms with Crippen molar-refractivity contribution in [3.8, 4) is 0 Å². The lowest BCUT2D eigenvalue weighted by Gasteiger charge is -2.32. The van der Waals surface area contributed by atoms with E-state index in [0.717, 1.165) is 17.6 Å². The molecule has 120 valence electrons. The third-order valence-electron chi connectivity index (χ3n) is 4.41. The summed E-state index contributed by atoms with van der Waals surface area (Å²) in [5.41, 5.74) is 8.02. The van der Waals surface area contributed by atoms with E-state index >= 15 is 0 Å². The Morgan fingerprint density at radius 2 is 1.57 bits per heavy atom. The van der Waals surface area contributed by atoms with Crippen molar-refractivity contribution >= 4 is 5.69 Å². The molecule has 2 nitrogen and oxygen atoms in total. The highest BCUT2D eigenvalue weighted by atomic mass is 15.1. The zero-order valence-corrected chi connectivity index (χ0v) is 14.6. The monoisotopic (exact) mass is 290 g/mol. The molecule has 0 amide bonds. The van der Waals surface area contributed by atoms with Crippen molar-refractivity contribution in [3.05, 3.63) is 29.8 Å². The van der Waals surface area contributed by atoms with Gasteiger partial charge in [0.25, 0.3) is 0 Å². The predicted molar refractivity (Wildman–Crippen MR) is 94.7 cm³/mol. The van der Waals surface area contributed by atoms with E-state index in [9.17, 15) is 0 Å². The van der Waals surface area contributed by atoms with Crippen molar-refractivity contribution in [3.63, 3.8) is 0 Å². The molecule has 1 aromatic rings. The topological polar surface area (TPSA) is 29.3 Å². The van der Waals surface area contributed by atoms with Crippen molar-refractivity contribution in [2.24, 2.45) is 5.92 Å². The quantitative estimate of drug-likeness (QED) is 0.655. The summed E-state index contributed by atoms with van der Waals surface area (Å²) in [6, 6.07) is 9.09. The van der Waals surface area contributed by atoms with Gasteiger partial charge in [-0.2, -0.15) is 0 Å². The van der Waals surface area contributed by atoms with Crippen LogP contribution in [0.15, 0.2) is 24.3 Å². The number of anilines is 1. The first kappa shape index (κ1) is 18.0. The molecule has 0 spiro atoms. The average molecular weight is 290 g/mol. The van der Waals surface area contributed by atoms with Gasteiger partial charge in [-0.3, -0.25) is 0 Å². The zero-order valence-electron chi connectivity index (χ0n) is 14.6. The maximum Gasteiger partial charge on any atom is 0.0314 e. The molecule has 0 fully saturated rings. The molecule has 1 aromatic carbocycles. The Labute approximate surface area is 131 Å². The second kappa shape index (κ2) is 9.09. The number of rotatable bonds is 9. The Morgan fingerprint density at radius 3 is 2.05 bits per heavy atom. The van der Waals surface area contributed by atoms with E-state index in [1.54, 1.807) is 0 Å². The largest absolute Gasteiger partial charge is 0.399 e. The number of hydrogen-bond acceptors (Lipinski definition) is 2. The fourth-order valence-corrected chi connectivity index (χ4v) is 3.05. The molecular formula is C19H34N2. The lowest BCUT2D eigenvalue weighted by Crippen LogP contribution is -2.38. The minimum Gasteiger partial charge on any atom is -0.399 e. The van der Waals surface area contributed by atoms with Crippen LogP contribution in [-0.2, 0) is 0 Å². The molecule has 0 bridgehead atoms. The fourth-order valence-electron chi connectivity index (χ4n) is 3.05. The molecule has 1 rings (SSSR count). The van der Waals surface area contributed by atoms with E-state index in [-0.39, 0.29) is 0 Å². The Balaban J connectivity index is 2.60. The third-order valence-corrected chi connectivity index (χ3v) is 4.41. The molecule has 21 heavy (non-hydrogen) atoms. The molecule has 0 saturated carbocycles. The van der Waals surface area contributed by atoms with Gasteiger partial charge in [0.1, 0.15) is 0 Å². The normalized spacial score (nSPS) is 13.3. The lowest BCUT2D eigenvalue weighted by atomic mass is 9.96. The van der Waals surface area contributed by atoms with Gasteiger partial charge < -0.3 is 10.6 Å². The summed E-state index contributed by atoms with van der Waals surface area (Å²) in [5, 5.41) is 0. The van der Waals surface area contributed by atoms with Crippen molar-refractivity contribution in [1.29, 1.82) is 0 Å². The smallest absolute Gasteiger partial charge is 0.0314 e. The number of nitrogen functional groups attached to an aromatic ring is 1. The van der Waals surface area contributed by atoms with E-state index in [1.807, 2.05) is 12.1 Å². The van der Waals surface area contributed by atoms with Gasteiger partial charge >= 0.3 is 0 Å². The van der Waals surface area contributed by atoms with Gasteiger partial charge in [-0.25, -0.2) is 0 Å². The zero-order chi connectivity index (χ0) is 15.8. The van der Waals surface area contributed by atoms with Gasteiger partial charge in [0, 0.05) is 18.3 Å². The molecular weight excluding hydrogens is 256 g/mol. The minimum atomic E-state index is 0.592. The molecule has 2 N–H and O–H groups in total. The Kier molecular flexibility index (Phi) is 7.81. The van der Waals surface area contributed by atoms with Crippen LogP contribution in [0.5, 0.6) is 0 Å². The fraction of sp³-hybridized carbons (Fsp3) is 0.684. The minimum absolute atomic E-state index is 0.592. The standard InChI is InChI=1S/C19H34N2/c1-6-19(7-2)21(14-15(3)4)13-12-16(5)17-8-10-18(20)11-9-17/h8-11,15-16,19H,6-7,12-14,20H2,1-5H3. The summed E-state index contributed by atoms with van der Waals surface area (Å²) >= 11 is 0. The van der Waals surface area contributed by atoms with Gasteiger partial charge in [0.2, 0.25) is 0 Å². The summed E-state index contributed by atoms with van der Waals surface area (Å²) < 4.78 is 0. The Hall–Kier alpha value is -1.02. The molecule has 0 aliphatic heterocycles. The molecule has 1 unspecified atom stereocenters. The van der Waals surface area contributed by atoms with Crippen molar-refractivity contribution in [1.82, 2.24) is 4.90 Å². The van der Waals surface area contributed by atoms with E-state index < -0.39 is 0 Å². The number of nitrogens with two attached hydrogens (primary N) is 1. The van der Waals surface area contributed by atoms with E-state index in [1.165, 1.54) is 37.9 Å². The highest BCUT2D eigenvalue weighted by Crippen LogP contribution is 2.22. The molecule has 0 radical (unpaired) electrons. The summed E-state index contributed by atoms with van der Waals surface area (Å²) in [5.74, 6) is 1.33. The van der Waals surface area contributed by atoms with Crippen LogP contribution in [0.4, 0.5) is 5.69 Å². The molecule has 0 aliphatic rings. The number of hydrogen-bond donors (Lipinski definition) is 1. The molecule has 0 heterocycles. The van der Waals surface area contributed by atoms with E-state index in [2.05, 4.69) is 51.7 Å². The van der Waals surface area contributed by atoms with Gasteiger partial charge in [0.05, 0.1) is 0 Å². The molecule has 0 aromatic heterocycles. The first-order valence-corrected chi connectivity index (χ1v) is 8.57. The Morgan fingerprint density at radius 1 is 1.00 bits per heavy atom. The third kappa shape index (κ3) is 6.09. The van der Waals surface area contributed by atoms with Crippen LogP contribution in [0.2, 0.25) is 0 Å². The van der Waals surface area contributed by atoms with Crippen LogP contribution in [0, 0.1) is 5.92 Å². The van der Waals surface area contributed by atoms with Crippen LogP contribution in [0.1, 0.15) is 65.4 Å². The molecule has 0 saturated heterocycles. The lowest BCUT2D eigenvalue weighted by molar-refractivity contribution is 0.161. The summed E-state index contributed by atoms with van der Waals surface area (Å²) in [6.07, 6.45) is 3.71. The van der Waals surface area contributed by atoms with Crippen molar-refractivity contribution in [2.75, 3.05) is 18.8 Å². The van der Waals surface area contributed by atoms with Crippen LogP contribution in [0.25, 0.3) is 0 Å².